The SMILES string of the molecule is CC.CNC(CSO)C(C)=O. The van der Waals surface area contributed by atoms with Crippen molar-refractivity contribution in [2.45, 2.75) is 26.8 Å². The van der Waals surface area contributed by atoms with Crippen molar-refractivity contribution in [3.63, 3.8) is 0 Å². The van der Waals surface area contributed by atoms with E-state index in [0.717, 1.165) is 0 Å². The molecule has 68 valence electrons. The Hall–Kier alpha value is -0.0600. The maximum Gasteiger partial charge on any atom is 0.147 e. The Bertz CT molecular complexity index is 98.4. The normalized spacial score (nSPS) is 11.4. The van der Waals surface area contributed by atoms with Crippen molar-refractivity contribution < 1.29 is 9.35 Å². The van der Waals surface area contributed by atoms with Gasteiger partial charge in [0.1, 0.15) is 5.78 Å². The van der Waals surface area contributed by atoms with E-state index in [2.05, 4.69) is 5.32 Å². The molecule has 0 heterocycles. The van der Waals surface area contributed by atoms with Crippen molar-refractivity contribution in [2.24, 2.45) is 0 Å². The fourth-order valence-electron chi connectivity index (χ4n) is 0.478. The molecule has 0 rings (SSSR count). The molecule has 0 aliphatic carbocycles. The third-order valence-corrected chi connectivity index (χ3v) is 1.56. The average Bonchev–Trinajstić information content (AvgIpc) is 2.03. The molecule has 0 saturated carbocycles. The highest BCUT2D eigenvalue weighted by Crippen LogP contribution is 1.96. The zero-order valence-electron chi connectivity index (χ0n) is 7.55. The predicted molar refractivity (Wildman–Crippen MR) is 50.0 cm³/mol. The van der Waals surface area contributed by atoms with Gasteiger partial charge in [-0.05, 0) is 26.0 Å². The fourth-order valence-corrected chi connectivity index (χ4v) is 1.03. The second-order valence-corrected chi connectivity index (χ2v) is 2.34. The molecule has 3 nitrogen and oxygen atoms in total. The molecule has 11 heavy (non-hydrogen) atoms. The van der Waals surface area contributed by atoms with Gasteiger partial charge in [-0.1, -0.05) is 13.8 Å². The van der Waals surface area contributed by atoms with Gasteiger partial charge in [0.2, 0.25) is 0 Å². The van der Waals surface area contributed by atoms with Gasteiger partial charge in [0.25, 0.3) is 0 Å². The van der Waals surface area contributed by atoms with E-state index >= 15 is 0 Å². The summed E-state index contributed by atoms with van der Waals surface area (Å²) in [4.78, 5) is 10.6. The number of Topliss-reactive ketones (excluding diaryl/α,β-unsaturated/α-hetero) is 1. The monoisotopic (exact) mass is 179 g/mol. The average molecular weight is 179 g/mol. The molecule has 1 unspecified atom stereocenters. The van der Waals surface area contributed by atoms with E-state index in [1.54, 1.807) is 7.05 Å². The Balaban J connectivity index is 0. The Labute approximate surface area is 72.8 Å². The lowest BCUT2D eigenvalue weighted by Crippen LogP contribution is -2.34. The zero-order valence-corrected chi connectivity index (χ0v) is 8.36. The number of carbonyl (C=O) groups excluding carboxylic acids is 1. The number of nitrogens with one attached hydrogen (secondary N) is 1. The van der Waals surface area contributed by atoms with Crippen molar-refractivity contribution in [1.29, 1.82) is 0 Å². The van der Waals surface area contributed by atoms with Crippen LogP contribution in [0.3, 0.4) is 0 Å². The largest absolute Gasteiger partial charge is 0.330 e. The van der Waals surface area contributed by atoms with Crippen molar-refractivity contribution >= 4 is 17.8 Å². The van der Waals surface area contributed by atoms with E-state index in [0.29, 0.717) is 17.8 Å². The molecule has 0 saturated heterocycles. The van der Waals surface area contributed by atoms with Crippen LogP contribution in [0.5, 0.6) is 0 Å². The van der Waals surface area contributed by atoms with Gasteiger partial charge in [-0.15, -0.1) is 0 Å². The molecular formula is C7H17NO2S. The molecule has 1 atom stereocenters. The van der Waals surface area contributed by atoms with Gasteiger partial charge in [0, 0.05) is 5.75 Å². The summed E-state index contributed by atoms with van der Waals surface area (Å²) in [6.45, 7) is 5.50. The number of carbonyl (C=O) groups is 1. The van der Waals surface area contributed by atoms with Crippen LogP contribution in [0.25, 0.3) is 0 Å². The molecule has 0 fully saturated rings. The third kappa shape index (κ3) is 7.84. The van der Waals surface area contributed by atoms with Crippen LogP contribution in [0.2, 0.25) is 0 Å². The highest BCUT2D eigenvalue weighted by atomic mass is 32.2. The van der Waals surface area contributed by atoms with Gasteiger partial charge in [-0.2, -0.15) is 0 Å². The summed E-state index contributed by atoms with van der Waals surface area (Å²) in [5, 5.41) is 2.77. The summed E-state index contributed by atoms with van der Waals surface area (Å²) < 4.78 is 8.34. The molecule has 0 spiro atoms. The minimum absolute atomic E-state index is 0.0547. The molecule has 4 heteroatoms. The molecule has 0 aromatic carbocycles. The van der Waals surface area contributed by atoms with Crippen LogP contribution in [0.4, 0.5) is 0 Å². The molecule has 0 aromatic rings. The first kappa shape index (κ1) is 13.5. The first-order chi connectivity index (χ1) is 5.22. The molecule has 0 aromatic heterocycles. The Morgan fingerprint density at radius 3 is 2.18 bits per heavy atom. The van der Waals surface area contributed by atoms with Crippen molar-refractivity contribution in [3.05, 3.63) is 0 Å². The van der Waals surface area contributed by atoms with Crippen LogP contribution in [-0.2, 0) is 4.79 Å². The van der Waals surface area contributed by atoms with Crippen molar-refractivity contribution in [3.8, 4) is 0 Å². The topological polar surface area (TPSA) is 49.3 Å². The van der Waals surface area contributed by atoms with E-state index in [4.69, 9.17) is 4.55 Å². The Morgan fingerprint density at radius 1 is 1.64 bits per heavy atom. The predicted octanol–water partition coefficient (Wildman–Crippen LogP) is 1.40. The van der Waals surface area contributed by atoms with Crippen molar-refractivity contribution in [2.75, 3.05) is 12.8 Å². The minimum atomic E-state index is -0.208. The molecule has 0 radical (unpaired) electrons. The number of hydrogen-bond donors (Lipinski definition) is 2. The van der Waals surface area contributed by atoms with Gasteiger partial charge in [-0.25, -0.2) is 0 Å². The van der Waals surface area contributed by atoms with E-state index in [-0.39, 0.29) is 11.8 Å². The van der Waals surface area contributed by atoms with Crippen LogP contribution in [0.15, 0.2) is 0 Å². The van der Waals surface area contributed by atoms with Crippen LogP contribution >= 0.6 is 12.0 Å². The number of rotatable bonds is 4. The van der Waals surface area contributed by atoms with Crippen molar-refractivity contribution in [1.82, 2.24) is 5.32 Å². The maximum atomic E-state index is 10.6. The van der Waals surface area contributed by atoms with E-state index in [9.17, 15) is 4.79 Å². The highest BCUT2D eigenvalue weighted by Gasteiger charge is 2.09. The second kappa shape index (κ2) is 9.94. The lowest BCUT2D eigenvalue weighted by molar-refractivity contribution is -0.118. The van der Waals surface area contributed by atoms with Gasteiger partial charge in [0.05, 0.1) is 6.04 Å². The van der Waals surface area contributed by atoms with E-state index in [1.807, 2.05) is 13.8 Å². The van der Waals surface area contributed by atoms with Gasteiger partial charge < -0.3 is 9.87 Å². The van der Waals surface area contributed by atoms with Crippen LogP contribution < -0.4 is 5.32 Å². The second-order valence-electron chi connectivity index (χ2n) is 1.75. The summed E-state index contributed by atoms with van der Waals surface area (Å²) in [6, 6.07) is -0.208. The molecule has 0 bridgehead atoms. The molecule has 0 aliphatic rings. The highest BCUT2D eigenvalue weighted by molar-refractivity contribution is 7.93. The zero-order chi connectivity index (χ0) is 9.28. The van der Waals surface area contributed by atoms with Crippen LogP contribution in [-0.4, -0.2) is 29.2 Å². The summed E-state index contributed by atoms with van der Waals surface area (Å²) in [7, 11) is 1.70. The number of ketones is 1. The molecule has 0 amide bonds. The summed E-state index contributed by atoms with van der Waals surface area (Å²) in [6.07, 6.45) is 0. The number of hydrogen-bond acceptors (Lipinski definition) is 4. The van der Waals surface area contributed by atoms with Gasteiger partial charge in [0.15, 0.2) is 0 Å². The maximum absolute atomic E-state index is 10.6. The van der Waals surface area contributed by atoms with E-state index in [1.165, 1.54) is 6.92 Å². The smallest absolute Gasteiger partial charge is 0.147 e. The molecule has 2 N–H and O–H groups in total. The lowest BCUT2D eigenvalue weighted by atomic mass is 10.2. The minimum Gasteiger partial charge on any atom is -0.330 e. The molecular weight excluding hydrogens is 162 g/mol. The first-order valence-corrected chi connectivity index (χ1v) is 4.60. The number of likely N-dealkylation sites (N-methyl/N-ethyl adjacent to an activating group) is 1. The van der Waals surface area contributed by atoms with E-state index < -0.39 is 0 Å². The first-order valence-electron chi connectivity index (χ1n) is 3.66. The summed E-state index contributed by atoms with van der Waals surface area (Å²) in [5.74, 6) is 0.477. The third-order valence-electron chi connectivity index (χ3n) is 1.08. The lowest BCUT2D eigenvalue weighted by Gasteiger charge is -2.08. The molecule has 0 aliphatic heterocycles. The van der Waals surface area contributed by atoms with Gasteiger partial charge >= 0.3 is 0 Å². The Morgan fingerprint density at radius 2 is 2.09 bits per heavy atom. The van der Waals surface area contributed by atoms with Gasteiger partial charge in [-0.3, -0.25) is 4.79 Å². The summed E-state index contributed by atoms with van der Waals surface area (Å²) in [5.41, 5.74) is 0. The Kier molecular flexibility index (Phi) is 12.2. The van der Waals surface area contributed by atoms with Crippen LogP contribution in [0.1, 0.15) is 20.8 Å². The standard InChI is InChI=1S/C5H11NO2S.C2H6/c1-4(7)5(6-2)3-9-8;1-2/h5-6,8H,3H2,1-2H3;1-2H3. The summed E-state index contributed by atoms with van der Waals surface area (Å²) >= 11 is 0.679. The fraction of sp³-hybridized carbons (Fsp3) is 0.857. The van der Waals surface area contributed by atoms with Crippen LogP contribution in [0, 0.1) is 0 Å². The quantitative estimate of drug-likeness (QED) is 0.640.